The maximum atomic E-state index is 12.8. The van der Waals surface area contributed by atoms with Crippen molar-refractivity contribution in [1.29, 1.82) is 0 Å². The second-order valence-corrected chi connectivity index (χ2v) is 17.1. The molecule has 0 aliphatic heterocycles. The predicted molar refractivity (Wildman–Crippen MR) is 173 cm³/mol. The van der Waals surface area contributed by atoms with E-state index in [0.717, 1.165) is 24.4 Å². The Bertz CT molecular complexity index is 2660. The molecule has 0 atom stereocenters. The molecule has 0 amide bonds. The summed E-state index contributed by atoms with van der Waals surface area (Å²) in [5.41, 5.74) is -6.40. The van der Waals surface area contributed by atoms with Crippen LogP contribution in [0.25, 0.3) is 45.4 Å². The monoisotopic (exact) mass is 790 g/mol. The standard InChI is InChI=1S/C15H13F3N4O2S.C15H11F3N2O5S2/c1-3-25(23,24)11-5-4-6-19-12(11)14-21-10-7-9(15(16,17)18)8-20-13(10)22(14)2;1-2-26(21,22)12-4-3-7-19-13(12)14-20-10-8-9(5-6-11(10)25-14)27(23,24)15(16,17)18/h4-8H,3H2,1-2H3;3-8H,2H2,1H3. The molecule has 5 heterocycles. The zero-order valence-electron chi connectivity index (χ0n) is 26.8. The number of fused-ring (bicyclic) bond motifs is 2. The van der Waals surface area contributed by atoms with Crippen LogP contribution in [0.3, 0.4) is 0 Å². The highest BCUT2D eigenvalue weighted by atomic mass is 32.2. The van der Waals surface area contributed by atoms with Gasteiger partial charge in [-0.25, -0.2) is 45.2 Å². The first-order valence-electron chi connectivity index (χ1n) is 14.6. The number of rotatable bonds is 7. The van der Waals surface area contributed by atoms with E-state index < -0.39 is 51.7 Å². The molecule has 276 valence electrons. The van der Waals surface area contributed by atoms with Gasteiger partial charge in [-0.05, 0) is 48.5 Å². The number of imidazole rings is 1. The van der Waals surface area contributed by atoms with Crippen LogP contribution in [0.15, 0.2) is 86.2 Å². The summed E-state index contributed by atoms with van der Waals surface area (Å²) in [5, 5.41) is 0. The second-order valence-electron chi connectivity index (χ2n) is 10.7. The number of nitrogens with zero attached hydrogens (tertiary/aromatic N) is 6. The van der Waals surface area contributed by atoms with Crippen molar-refractivity contribution in [3.05, 3.63) is 72.7 Å². The zero-order chi connectivity index (χ0) is 38.4. The summed E-state index contributed by atoms with van der Waals surface area (Å²) in [6.45, 7) is 2.94. The maximum absolute atomic E-state index is 12.8. The van der Waals surface area contributed by atoms with E-state index in [1.807, 2.05) is 0 Å². The number of aromatic nitrogens is 6. The Kier molecular flexibility index (Phi) is 9.97. The van der Waals surface area contributed by atoms with Gasteiger partial charge in [-0.3, -0.25) is 4.98 Å². The minimum Gasteiger partial charge on any atom is -0.435 e. The largest absolute Gasteiger partial charge is 0.501 e. The molecule has 5 aromatic heterocycles. The van der Waals surface area contributed by atoms with E-state index in [1.165, 1.54) is 55.1 Å². The van der Waals surface area contributed by atoms with Crippen LogP contribution in [-0.2, 0) is 42.7 Å². The molecule has 0 aliphatic rings. The van der Waals surface area contributed by atoms with Crippen molar-refractivity contribution in [3.8, 4) is 23.1 Å². The van der Waals surface area contributed by atoms with Crippen molar-refractivity contribution in [2.75, 3.05) is 11.5 Å². The van der Waals surface area contributed by atoms with Gasteiger partial charge in [-0.1, -0.05) is 13.8 Å². The molecule has 0 saturated carbocycles. The SMILES string of the molecule is CCS(=O)(=O)c1cccnc1-c1nc2cc(C(F)(F)F)cnc2n1C.CCS(=O)(=O)c1cccnc1-c1nc2cc(S(=O)(=O)C(F)(F)F)ccc2o1. The fourth-order valence-corrected chi connectivity index (χ4v) is 7.52. The first kappa shape index (κ1) is 38.3. The topological polar surface area (TPSA) is 185 Å². The van der Waals surface area contributed by atoms with Gasteiger partial charge < -0.3 is 8.98 Å². The summed E-state index contributed by atoms with van der Waals surface area (Å²) in [4.78, 5) is 18.7. The average Bonchev–Trinajstić information content (AvgIpc) is 3.68. The molecular formula is C30H24F6N6O7S3. The molecule has 0 N–H and O–H groups in total. The minimum atomic E-state index is -5.55. The van der Waals surface area contributed by atoms with Crippen molar-refractivity contribution in [2.24, 2.45) is 7.05 Å². The quantitative estimate of drug-likeness (QED) is 0.177. The number of sulfone groups is 3. The number of aryl methyl sites for hydroxylation is 1. The minimum absolute atomic E-state index is 0.0119. The van der Waals surface area contributed by atoms with Gasteiger partial charge in [0, 0.05) is 25.6 Å². The maximum Gasteiger partial charge on any atom is 0.501 e. The van der Waals surface area contributed by atoms with Crippen LogP contribution in [0.1, 0.15) is 19.4 Å². The van der Waals surface area contributed by atoms with E-state index in [9.17, 15) is 51.6 Å². The molecule has 0 bridgehead atoms. The summed E-state index contributed by atoms with van der Waals surface area (Å²) < 4.78 is 155. The highest BCUT2D eigenvalue weighted by Gasteiger charge is 2.47. The summed E-state index contributed by atoms with van der Waals surface area (Å²) in [5.74, 6) is -0.458. The van der Waals surface area contributed by atoms with Crippen LogP contribution in [0.2, 0.25) is 0 Å². The molecule has 6 rings (SSSR count). The Morgan fingerprint density at radius 1 is 0.731 bits per heavy atom. The Morgan fingerprint density at radius 3 is 1.87 bits per heavy atom. The molecule has 1 aromatic carbocycles. The molecule has 0 aliphatic carbocycles. The first-order valence-corrected chi connectivity index (χ1v) is 19.4. The average molecular weight is 791 g/mol. The van der Waals surface area contributed by atoms with Crippen molar-refractivity contribution >= 4 is 51.8 Å². The zero-order valence-corrected chi connectivity index (χ0v) is 29.2. The normalized spacial score (nSPS) is 12.9. The predicted octanol–water partition coefficient (Wildman–Crippen LogP) is 5.82. The first-order chi connectivity index (χ1) is 24.1. The van der Waals surface area contributed by atoms with E-state index in [-0.39, 0.29) is 66.7 Å². The molecule has 0 spiro atoms. The number of halogens is 6. The lowest BCUT2D eigenvalue weighted by Crippen LogP contribution is -2.23. The fourth-order valence-electron chi connectivity index (χ4n) is 4.67. The van der Waals surface area contributed by atoms with Gasteiger partial charge in [0.1, 0.15) is 22.4 Å². The summed E-state index contributed by atoms with van der Waals surface area (Å²) in [6, 6.07) is 8.93. The molecule has 0 fully saturated rings. The smallest absolute Gasteiger partial charge is 0.435 e. The molecule has 52 heavy (non-hydrogen) atoms. The summed E-state index contributed by atoms with van der Waals surface area (Å²) in [7, 11) is -11.3. The molecule has 13 nitrogen and oxygen atoms in total. The number of oxazole rings is 1. The molecule has 0 radical (unpaired) electrons. The van der Waals surface area contributed by atoms with Crippen molar-refractivity contribution in [3.63, 3.8) is 0 Å². The molecule has 22 heteroatoms. The van der Waals surface area contributed by atoms with Crippen molar-refractivity contribution < 1.29 is 56.0 Å². The van der Waals surface area contributed by atoms with E-state index in [1.54, 1.807) is 7.05 Å². The van der Waals surface area contributed by atoms with E-state index >= 15 is 0 Å². The van der Waals surface area contributed by atoms with Crippen LogP contribution in [0, 0.1) is 0 Å². The van der Waals surface area contributed by atoms with E-state index in [4.69, 9.17) is 4.42 Å². The van der Waals surface area contributed by atoms with Gasteiger partial charge in [-0.2, -0.15) is 26.3 Å². The molecule has 6 aromatic rings. The van der Waals surface area contributed by atoms with Gasteiger partial charge in [0.15, 0.2) is 36.7 Å². The van der Waals surface area contributed by atoms with Crippen LogP contribution in [-0.4, -0.2) is 71.8 Å². The molecular weight excluding hydrogens is 767 g/mol. The summed E-state index contributed by atoms with van der Waals surface area (Å²) >= 11 is 0. The molecule has 0 unspecified atom stereocenters. The number of hydrogen-bond acceptors (Lipinski definition) is 12. The third-order valence-corrected chi connectivity index (χ3v) is 12.4. The van der Waals surface area contributed by atoms with Crippen LogP contribution in [0.5, 0.6) is 0 Å². The van der Waals surface area contributed by atoms with Crippen LogP contribution >= 0.6 is 0 Å². The second kappa shape index (κ2) is 13.5. The van der Waals surface area contributed by atoms with Crippen molar-refractivity contribution in [2.45, 2.75) is 40.2 Å². The Hall–Kier alpha value is -4.96. The third-order valence-electron chi connectivity index (χ3n) is 7.40. The lowest BCUT2D eigenvalue weighted by Gasteiger charge is -2.08. The third kappa shape index (κ3) is 7.21. The van der Waals surface area contributed by atoms with Gasteiger partial charge in [0.25, 0.3) is 9.84 Å². The van der Waals surface area contributed by atoms with Gasteiger partial charge in [0.2, 0.25) is 5.89 Å². The number of alkyl halides is 6. The van der Waals surface area contributed by atoms with Gasteiger partial charge in [-0.15, -0.1) is 0 Å². The lowest BCUT2D eigenvalue weighted by atomic mass is 10.2. The molecule has 0 saturated heterocycles. The highest BCUT2D eigenvalue weighted by molar-refractivity contribution is 7.92. The Labute approximate surface area is 291 Å². The number of hydrogen-bond donors (Lipinski definition) is 0. The van der Waals surface area contributed by atoms with Crippen LogP contribution < -0.4 is 0 Å². The van der Waals surface area contributed by atoms with E-state index in [0.29, 0.717) is 6.07 Å². The van der Waals surface area contributed by atoms with E-state index in [2.05, 4.69) is 24.9 Å². The fraction of sp³-hybridized carbons (Fsp3) is 0.233. The number of benzene rings is 1. The van der Waals surface area contributed by atoms with Crippen LogP contribution in [0.4, 0.5) is 26.3 Å². The lowest BCUT2D eigenvalue weighted by molar-refractivity contribution is -0.137. The Balaban J connectivity index is 0.000000202. The van der Waals surface area contributed by atoms with Gasteiger partial charge >= 0.3 is 11.7 Å². The summed E-state index contributed by atoms with van der Waals surface area (Å²) in [6.07, 6.45) is -1.12. The number of pyridine rings is 3. The van der Waals surface area contributed by atoms with Gasteiger partial charge in [0.05, 0.1) is 31.8 Å². The van der Waals surface area contributed by atoms with Crippen molar-refractivity contribution in [1.82, 2.24) is 29.5 Å². The highest BCUT2D eigenvalue weighted by Crippen LogP contribution is 2.35. The Morgan fingerprint density at radius 2 is 1.31 bits per heavy atom.